The van der Waals surface area contributed by atoms with E-state index in [1.54, 1.807) is 13.8 Å². The zero-order chi connectivity index (χ0) is 12.7. The molecule has 0 aromatic carbocycles. The summed E-state index contributed by atoms with van der Waals surface area (Å²) in [5.74, 6) is -1.64. The van der Waals surface area contributed by atoms with Crippen LogP contribution in [0.15, 0.2) is 0 Å². The Morgan fingerprint density at radius 1 is 1.55 bits per heavy atom. The van der Waals surface area contributed by atoms with Gasteiger partial charge >= 0.3 is 0 Å². The van der Waals surface area contributed by atoms with Crippen LogP contribution in [0.2, 0.25) is 0 Å². The molecule has 2 fully saturated rings. The summed E-state index contributed by atoms with van der Waals surface area (Å²) in [5.41, 5.74) is -2.05. The standard InChI is InChI=1S/C10H16O/c1-9(2)7-4-5-10(9,3)8(11)6-7/h7H,4-6H2,1-3H3/i4D2,5D,6D2. The first-order chi connectivity index (χ1) is 6.93. The third-order valence-corrected chi connectivity index (χ3v) is 3.35. The molecule has 3 unspecified atom stereocenters. The van der Waals surface area contributed by atoms with Crippen LogP contribution in [0.1, 0.15) is 46.8 Å². The Balaban J connectivity index is 2.73. The van der Waals surface area contributed by atoms with Gasteiger partial charge in [0.25, 0.3) is 0 Å². The molecule has 0 radical (unpaired) electrons. The SMILES string of the molecule is [2H]C1C([2H])([2H])C2C([2H])([2H])C(=O)C1(C)C2(C)C. The van der Waals surface area contributed by atoms with Crippen LogP contribution in [0, 0.1) is 16.7 Å². The fourth-order valence-electron chi connectivity index (χ4n) is 1.81. The van der Waals surface area contributed by atoms with Gasteiger partial charge in [0.2, 0.25) is 0 Å². The average molecular weight is 157 g/mol. The summed E-state index contributed by atoms with van der Waals surface area (Å²) < 4.78 is 39.3. The number of rotatable bonds is 0. The van der Waals surface area contributed by atoms with Crippen molar-refractivity contribution in [2.75, 3.05) is 0 Å². The van der Waals surface area contributed by atoms with Crippen LogP contribution >= 0.6 is 0 Å². The lowest BCUT2D eigenvalue weighted by Crippen LogP contribution is -2.32. The third-order valence-electron chi connectivity index (χ3n) is 3.35. The number of carbonyl (C=O) groups excluding carboxylic acids is 1. The monoisotopic (exact) mass is 157 g/mol. The molecule has 0 aliphatic heterocycles. The van der Waals surface area contributed by atoms with E-state index in [0.29, 0.717) is 0 Å². The van der Waals surface area contributed by atoms with E-state index < -0.39 is 41.7 Å². The van der Waals surface area contributed by atoms with Crippen molar-refractivity contribution in [1.82, 2.24) is 0 Å². The lowest BCUT2D eigenvalue weighted by atomic mass is 9.70. The van der Waals surface area contributed by atoms with Crippen LogP contribution in [-0.4, -0.2) is 5.78 Å². The van der Waals surface area contributed by atoms with Crippen LogP contribution in [0.4, 0.5) is 0 Å². The molecule has 0 N–H and O–H groups in total. The van der Waals surface area contributed by atoms with Gasteiger partial charge in [0.1, 0.15) is 5.78 Å². The molecule has 11 heavy (non-hydrogen) atoms. The largest absolute Gasteiger partial charge is 0.299 e. The highest BCUT2D eigenvalue weighted by molar-refractivity contribution is 5.89. The molecule has 2 aliphatic carbocycles. The molecule has 3 atom stereocenters. The minimum Gasteiger partial charge on any atom is -0.299 e. The van der Waals surface area contributed by atoms with Crippen molar-refractivity contribution in [3.05, 3.63) is 0 Å². The van der Waals surface area contributed by atoms with Gasteiger partial charge in [-0.25, -0.2) is 0 Å². The van der Waals surface area contributed by atoms with Crippen molar-refractivity contribution in [2.24, 2.45) is 16.7 Å². The van der Waals surface area contributed by atoms with Crippen LogP contribution in [0.3, 0.4) is 0 Å². The summed E-state index contributed by atoms with van der Waals surface area (Å²) in [4.78, 5) is 12.1. The molecule has 0 spiro atoms. The quantitative estimate of drug-likeness (QED) is 0.527. The van der Waals surface area contributed by atoms with Gasteiger partial charge in [-0.3, -0.25) is 4.79 Å². The maximum atomic E-state index is 12.1. The van der Waals surface area contributed by atoms with Gasteiger partial charge in [-0.15, -0.1) is 0 Å². The fraction of sp³-hybridized carbons (Fsp3) is 0.900. The predicted octanol–water partition coefficient (Wildman–Crippen LogP) is 2.40. The minimum absolute atomic E-state index is 0.606. The van der Waals surface area contributed by atoms with Gasteiger partial charge < -0.3 is 0 Å². The number of carbonyl (C=O) groups is 1. The third kappa shape index (κ3) is 0.605. The highest BCUT2D eigenvalue weighted by Crippen LogP contribution is 2.63. The molecule has 0 aromatic heterocycles. The molecule has 0 heterocycles. The van der Waals surface area contributed by atoms with Gasteiger partial charge in [0.05, 0.1) is 0 Å². The molecule has 2 rings (SSSR count). The molecule has 1 nitrogen and oxygen atoms in total. The Morgan fingerprint density at radius 3 is 2.64 bits per heavy atom. The molecule has 2 aliphatic rings. The van der Waals surface area contributed by atoms with Crippen LogP contribution < -0.4 is 0 Å². The molecular formula is C10H16O. The van der Waals surface area contributed by atoms with Gasteiger partial charge in [0.15, 0.2) is 0 Å². The zero-order valence-electron chi connectivity index (χ0n) is 12.1. The first kappa shape index (κ1) is 3.59. The van der Waals surface area contributed by atoms with Crippen molar-refractivity contribution in [3.8, 4) is 0 Å². The zero-order valence-corrected chi connectivity index (χ0v) is 7.06. The van der Waals surface area contributed by atoms with E-state index in [-0.39, 0.29) is 0 Å². The smallest absolute Gasteiger partial charge is 0.139 e. The van der Waals surface area contributed by atoms with Crippen molar-refractivity contribution >= 4 is 5.78 Å². The summed E-state index contributed by atoms with van der Waals surface area (Å²) in [6, 6.07) is 0. The average Bonchev–Trinajstić information content (AvgIpc) is 2.26. The van der Waals surface area contributed by atoms with Gasteiger partial charge in [0, 0.05) is 18.6 Å². The van der Waals surface area contributed by atoms with Gasteiger partial charge in [-0.1, -0.05) is 20.8 Å². The lowest BCUT2D eigenvalue weighted by Gasteiger charge is -2.32. The van der Waals surface area contributed by atoms with Crippen molar-refractivity contribution in [1.29, 1.82) is 0 Å². The summed E-state index contributed by atoms with van der Waals surface area (Å²) in [6.45, 7) is 4.94. The first-order valence-electron chi connectivity index (χ1n) is 6.47. The Morgan fingerprint density at radius 2 is 2.18 bits per heavy atom. The highest BCUT2D eigenvalue weighted by atomic mass is 16.1. The Hall–Kier alpha value is -0.330. The molecule has 2 saturated carbocycles. The minimum atomic E-state index is -2.15. The summed E-state index contributed by atoms with van der Waals surface area (Å²) in [5, 5.41) is 0. The second-order valence-corrected chi connectivity index (χ2v) is 4.14. The van der Waals surface area contributed by atoms with E-state index in [1.165, 1.54) is 6.92 Å². The molecule has 0 aromatic rings. The fourth-order valence-corrected chi connectivity index (χ4v) is 1.81. The molecular weight excluding hydrogens is 136 g/mol. The number of ketones is 1. The first-order valence-corrected chi connectivity index (χ1v) is 3.90. The number of hydrogen-bond donors (Lipinski definition) is 0. The van der Waals surface area contributed by atoms with Crippen molar-refractivity contribution in [3.63, 3.8) is 0 Å². The predicted molar refractivity (Wildman–Crippen MR) is 44.2 cm³/mol. The van der Waals surface area contributed by atoms with Crippen molar-refractivity contribution < 1.29 is 11.6 Å². The maximum Gasteiger partial charge on any atom is 0.139 e. The van der Waals surface area contributed by atoms with Crippen LogP contribution in [0.25, 0.3) is 0 Å². The Kier molecular flexibility index (Phi) is 0.555. The van der Waals surface area contributed by atoms with Crippen LogP contribution in [-0.2, 0) is 4.79 Å². The molecule has 2 bridgehead atoms. The summed E-state index contributed by atoms with van der Waals surface area (Å²) in [6.07, 6.45) is -5.29. The van der Waals surface area contributed by atoms with E-state index >= 15 is 0 Å². The van der Waals surface area contributed by atoms with E-state index in [2.05, 4.69) is 0 Å². The maximum absolute atomic E-state index is 12.1. The summed E-state index contributed by atoms with van der Waals surface area (Å²) >= 11 is 0. The molecule has 62 valence electrons. The van der Waals surface area contributed by atoms with E-state index in [1.807, 2.05) is 0 Å². The van der Waals surface area contributed by atoms with Gasteiger partial charge in [-0.2, -0.15) is 0 Å². The topological polar surface area (TPSA) is 17.1 Å². The van der Waals surface area contributed by atoms with Gasteiger partial charge in [-0.05, 0) is 24.1 Å². The molecule has 0 saturated heterocycles. The Labute approximate surface area is 75.2 Å². The second-order valence-electron chi connectivity index (χ2n) is 4.14. The number of hydrogen-bond acceptors (Lipinski definition) is 1. The number of fused-ring (bicyclic) bond motifs is 2. The summed E-state index contributed by atoms with van der Waals surface area (Å²) in [7, 11) is 0. The molecule has 0 amide bonds. The second kappa shape index (κ2) is 1.70. The van der Waals surface area contributed by atoms with E-state index in [4.69, 9.17) is 6.85 Å². The van der Waals surface area contributed by atoms with E-state index in [9.17, 15) is 4.79 Å². The molecule has 1 heteroatoms. The van der Waals surface area contributed by atoms with Crippen molar-refractivity contribution in [2.45, 2.75) is 39.9 Å². The number of Topliss-reactive ketones (excluding diaryl/α,β-unsaturated/α-hetero) is 1. The highest BCUT2D eigenvalue weighted by Gasteiger charge is 2.61. The lowest BCUT2D eigenvalue weighted by molar-refractivity contribution is -0.128. The normalized spacial score (nSPS) is 69.4. The van der Waals surface area contributed by atoms with Crippen LogP contribution in [0.5, 0.6) is 0 Å². The Bertz CT molecular complexity index is 375. The van der Waals surface area contributed by atoms with E-state index in [0.717, 1.165) is 0 Å².